The van der Waals surface area contributed by atoms with Crippen molar-refractivity contribution >= 4 is 19.8 Å². The third kappa shape index (κ3) is 45.7. The third-order valence-electron chi connectivity index (χ3n) is 10.7. The summed E-state index contributed by atoms with van der Waals surface area (Å²) in [4.78, 5) is 37.5. The predicted octanol–water partition coefficient (Wildman–Crippen LogP) is 13.8. The zero-order chi connectivity index (χ0) is 44.3. The Morgan fingerprint density at radius 2 is 0.967 bits per heavy atom. The molecule has 60 heavy (non-hydrogen) atoms. The Labute approximate surface area is 370 Å². The van der Waals surface area contributed by atoms with Crippen LogP contribution >= 0.6 is 7.82 Å². The summed E-state index contributed by atoms with van der Waals surface area (Å²) < 4.78 is 33.8. The molecule has 0 saturated carbocycles. The maximum atomic E-state index is 12.6. The molecule has 0 heterocycles. The van der Waals surface area contributed by atoms with Crippen LogP contribution < -0.4 is 4.89 Å². The maximum Gasteiger partial charge on any atom is 0.331 e. The molecule has 0 aromatic heterocycles. The first-order chi connectivity index (χ1) is 29.0. The first-order valence-corrected chi connectivity index (χ1v) is 26.2. The molecule has 0 aromatic rings. The van der Waals surface area contributed by atoms with Gasteiger partial charge in [-0.3, -0.25) is 9.36 Å². The molecular weight excluding hydrogens is 774 g/mol. The van der Waals surface area contributed by atoms with Crippen LogP contribution in [0.4, 0.5) is 0 Å². The minimum absolute atomic E-state index is 0.0460. The fourth-order valence-electron chi connectivity index (χ4n) is 6.85. The van der Waals surface area contributed by atoms with Crippen LogP contribution in [0.25, 0.3) is 0 Å². The van der Waals surface area contributed by atoms with Crippen LogP contribution in [0.5, 0.6) is 0 Å². The summed E-state index contributed by atoms with van der Waals surface area (Å²) in [6, 6.07) is 0. The van der Waals surface area contributed by atoms with Gasteiger partial charge in [-0.2, -0.15) is 0 Å². The van der Waals surface area contributed by atoms with E-state index in [0.29, 0.717) is 11.0 Å². The van der Waals surface area contributed by atoms with Gasteiger partial charge in [-0.15, -0.1) is 0 Å². The van der Waals surface area contributed by atoms with Gasteiger partial charge in [-0.05, 0) is 44.9 Å². The van der Waals surface area contributed by atoms with Crippen LogP contribution in [-0.2, 0) is 32.7 Å². The maximum absolute atomic E-state index is 12.6. The molecule has 9 nitrogen and oxygen atoms in total. The first-order valence-electron chi connectivity index (χ1n) is 24.7. The van der Waals surface area contributed by atoms with Crippen LogP contribution in [0.1, 0.15) is 219 Å². The molecular formula is C50H94NO8P. The van der Waals surface area contributed by atoms with Gasteiger partial charge in [-0.25, -0.2) is 4.79 Å². The number of rotatable bonds is 45. The molecule has 10 heteroatoms. The normalized spacial score (nSPS) is 13.8. The molecule has 0 rings (SSSR count). The predicted molar refractivity (Wildman–Crippen MR) is 250 cm³/mol. The summed E-state index contributed by atoms with van der Waals surface area (Å²) >= 11 is 0. The van der Waals surface area contributed by atoms with E-state index >= 15 is 0 Å². The van der Waals surface area contributed by atoms with E-state index in [1.165, 1.54) is 173 Å². The molecule has 0 bridgehead atoms. The lowest BCUT2D eigenvalue weighted by Gasteiger charge is -2.28. The lowest BCUT2D eigenvalue weighted by atomic mass is 10.0. The Hall–Kier alpha value is -1.77. The smallest absolute Gasteiger partial charge is 0.331 e. The number of quaternary nitrogens is 1. The molecule has 0 aliphatic heterocycles. The molecule has 352 valence electrons. The van der Waals surface area contributed by atoms with Crippen molar-refractivity contribution in [2.24, 2.45) is 0 Å². The van der Waals surface area contributed by atoms with Gasteiger partial charge in [0.05, 0.1) is 27.7 Å². The first kappa shape index (κ1) is 58.2. The fraction of sp³-hybridized carbons (Fsp3) is 0.840. The van der Waals surface area contributed by atoms with Crippen molar-refractivity contribution in [1.29, 1.82) is 0 Å². The van der Waals surface area contributed by atoms with Gasteiger partial charge < -0.3 is 27.9 Å². The molecule has 0 fully saturated rings. The van der Waals surface area contributed by atoms with E-state index in [2.05, 4.69) is 26.0 Å². The number of hydrogen-bond donors (Lipinski definition) is 0. The molecule has 1 unspecified atom stereocenters. The fourth-order valence-corrected chi connectivity index (χ4v) is 7.58. The number of ether oxygens (including phenoxy) is 2. The van der Waals surface area contributed by atoms with Crippen molar-refractivity contribution in [3.63, 3.8) is 0 Å². The zero-order valence-electron chi connectivity index (χ0n) is 39.7. The van der Waals surface area contributed by atoms with E-state index in [9.17, 15) is 19.0 Å². The minimum Gasteiger partial charge on any atom is -0.756 e. The van der Waals surface area contributed by atoms with Gasteiger partial charge in [-0.1, -0.05) is 198 Å². The van der Waals surface area contributed by atoms with Crippen LogP contribution in [0.15, 0.2) is 36.5 Å². The summed E-state index contributed by atoms with van der Waals surface area (Å²) in [5.41, 5.74) is 0. The Bertz CT molecular complexity index is 1120. The van der Waals surface area contributed by atoms with Gasteiger partial charge in [0.1, 0.15) is 19.8 Å². The largest absolute Gasteiger partial charge is 0.756 e. The molecule has 0 radical (unpaired) electrons. The Morgan fingerprint density at radius 3 is 1.42 bits per heavy atom. The summed E-state index contributed by atoms with van der Waals surface area (Å²) in [5, 5.41) is 0. The van der Waals surface area contributed by atoms with Crippen LogP contribution in [-0.4, -0.2) is 70.0 Å². The van der Waals surface area contributed by atoms with E-state index < -0.39 is 32.5 Å². The number of esters is 2. The second kappa shape index (κ2) is 42.5. The van der Waals surface area contributed by atoms with Crippen molar-refractivity contribution in [2.45, 2.75) is 225 Å². The second-order valence-electron chi connectivity index (χ2n) is 17.9. The highest BCUT2D eigenvalue weighted by Gasteiger charge is 2.21. The third-order valence-corrected chi connectivity index (χ3v) is 11.7. The average Bonchev–Trinajstić information content (AvgIpc) is 3.20. The van der Waals surface area contributed by atoms with Gasteiger partial charge in [0.15, 0.2) is 6.10 Å². The van der Waals surface area contributed by atoms with Crippen LogP contribution in [0, 0.1) is 0 Å². The molecule has 0 aromatic carbocycles. The number of carbonyl (C=O) groups is 2. The highest BCUT2D eigenvalue weighted by molar-refractivity contribution is 7.45. The molecule has 0 amide bonds. The van der Waals surface area contributed by atoms with E-state index in [-0.39, 0.29) is 19.6 Å². The SMILES string of the molecule is CCCCCCCC/C=C/CCCCCCCCCCCCCC(=O)OC[C@@H](COP(=O)([O-])OCC[N+](C)(C)C)OC(=O)/C=C/C=C/CCCCCCCCCCCCC. The number of likely N-dealkylation sites (N-methyl/N-ethyl adjacent to an activating group) is 1. The van der Waals surface area contributed by atoms with Gasteiger partial charge in [0, 0.05) is 12.5 Å². The Morgan fingerprint density at radius 1 is 0.550 bits per heavy atom. The number of unbranched alkanes of at least 4 members (excludes halogenated alkanes) is 28. The van der Waals surface area contributed by atoms with Crippen LogP contribution in [0.2, 0.25) is 0 Å². The van der Waals surface area contributed by atoms with Crippen molar-refractivity contribution < 1.29 is 42.1 Å². The second-order valence-corrected chi connectivity index (χ2v) is 19.3. The number of nitrogens with zero attached hydrogens (tertiary/aromatic N) is 1. The molecule has 0 aliphatic rings. The van der Waals surface area contributed by atoms with Crippen molar-refractivity contribution in [3.05, 3.63) is 36.5 Å². The van der Waals surface area contributed by atoms with Crippen LogP contribution in [0.3, 0.4) is 0 Å². The summed E-state index contributed by atoms with van der Waals surface area (Å²) in [6.07, 6.45) is 49.5. The quantitative estimate of drug-likeness (QED) is 0.0113. The van der Waals surface area contributed by atoms with Gasteiger partial charge >= 0.3 is 11.9 Å². The van der Waals surface area contributed by atoms with Crippen molar-refractivity contribution in [2.75, 3.05) is 47.5 Å². The standard InChI is InChI=1S/C50H94NO8P/c1-6-8-10-12-14-16-18-20-22-23-24-25-26-27-29-30-32-34-36-38-40-42-49(52)56-46-48(47-58-60(54,55)57-45-44-51(3,4)5)59-50(53)43-41-39-37-35-33-31-28-21-19-17-15-13-11-9-7-2/h20,22,37,39,41,43,48H,6-19,21,23-36,38,40,42,44-47H2,1-5H3/b22-20+,39-37+,43-41+/t48-/m0/s1. The molecule has 0 aliphatic carbocycles. The van der Waals surface area contributed by atoms with E-state index in [0.717, 1.165) is 32.1 Å². The molecule has 0 spiro atoms. The number of phosphoric ester groups is 1. The highest BCUT2D eigenvalue weighted by atomic mass is 31.2. The Balaban J connectivity index is 4.31. The van der Waals surface area contributed by atoms with Gasteiger partial charge in [0.25, 0.3) is 7.82 Å². The van der Waals surface area contributed by atoms with Crippen molar-refractivity contribution in [3.8, 4) is 0 Å². The number of hydrogen-bond acceptors (Lipinski definition) is 8. The minimum atomic E-state index is -4.65. The Kier molecular flexibility index (Phi) is 41.3. The number of phosphoric acid groups is 1. The van der Waals surface area contributed by atoms with E-state index in [1.54, 1.807) is 6.08 Å². The monoisotopic (exact) mass is 868 g/mol. The molecule has 2 atom stereocenters. The lowest BCUT2D eigenvalue weighted by molar-refractivity contribution is -0.870. The van der Waals surface area contributed by atoms with E-state index in [1.807, 2.05) is 33.3 Å². The number of carbonyl (C=O) groups excluding carboxylic acids is 2. The summed E-state index contributed by atoms with van der Waals surface area (Å²) in [7, 11) is 1.12. The summed E-state index contributed by atoms with van der Waals surface area (Å²) in [5.74, 6) is -1.08. The topological polar surface area (TPSA) is 111 Å². The molecule has 0 saturated heterocycles. The van der Waals surface area contributed by atoms with Gasteiger partial charge in [0.2, 0.25) is 0 Å². The van der Waals surface area contributed by atoms with Crippen molar-refractivity contribution in [1.82, 2.24) is 0 Å². The van der Waals surface area contributed by atoms with E-state index in [4.69, 9.17) is 18.5 Å². The average molecular weight is 868 g/mol. The molecule has 0 N–H and O–H groups in total. The number of allylic oxidation sites excluding steroid dienone is 5. The lowest BCUT2D eigenvalue weighted by Crippen LogP contribution is -2.37. The zero-order valence-corrected chi connectivity index (χ0v) is 40.6. The summed E-state index contributed by atoms with van der Waals surface area (Å²) in [6.45, 7) is 4.12. The highest BCUT2D eigenvalue weighted by Crippen LogP contribution is 2.38.